The van der Waals surface area contributed by atoms with Crippen LogP contribution in [0.4, 0.5) is 0 Å². The molecule has 0 spiro atoms. The van der Waals surface area contributed by atoms with Gasteiger partial charge in [0, 0.05) is 17.6 Å². The van der Waals surface area contributed by atoms with E-state index in [1.54, 1.807) is 23.1 Å². The maximum atomic E-state index is 12.4. The zero-order chi connectivity index (χ0) is 13.7. The van der Waals surface area contributed by atoms with Gasteiger partial charge < -0.3 is 14.7 Å². The average molecular weight is 272 g/mol. The van der Waals surface area contributed by atoms with Gasteiger partial charge in [0.25, 0.3) is 5.91 Å². The fourth-order valence-corrected chi connectivity index (χ4v) is 1.88. The summed E-state index contributed by atoms with van der Waals surface area (Å²) in [7, 11) is 1.51. The van der Waals surface area contributed by atoms with Crippen molar-refractivity contribution in [1.29, 1.82) is 0 Å². The van der Waals surface area contributed by atoms with Crippen molar-refractivity contribution in [3.05, 3.63) is 28.8 Å². The summed E-state index contributed by atoms with van der Waals surface area (Å²) in [5.74, 6) is 0.284. The molecule has 0 unspecified atom stereocenters. The normalized spacial score (nSPS) is 10.6. The van der Waals surface area contributed by atoms with Gasteiger partial charge in [-0.25, -0.2) is 0 Å². The maximum absolute atomic E-state index is 12.4. The summed E-state index contributed by atoms with van der Waals surface area (Å²) in [4.78, 5) is 14.0. The minimum absolute atomic E-state index is 0.00617. The summed E-state index contributed by atoms with van der Waals surface area (Å²) in [5.41, 5.74) is 0.409. The lowest BCUT2D eigenvalue weighted by molar-refractivity contribution is 0.0662. The Hall–Kier alpha value is -1.26. The van der Waals surface area contributed by atoms with Crippen LogP contribution in [-0.2, 0) is 0 Å². The number of amides is 1. The number of ether oxygens (including phenoxy) is 1. The van der Waals surface area contributed by atoms with Crippen molar-refractivity contribution in [2.45, 2.75) is 19.9 Å². The van der Waals surface area contributed by atoms with Gasteiger partial charge in [0.15, 0.2) is 0 Å². The summed E-state index contributed by atoms with van der Waals surface area (Å²) in [6, 6.07) is 4.90. The van der Waals surface area contributed by atoms with E-state index in [-0.39, 0.29) is 25.1 Å². The molecule has 1 rings (SSSR count). The molecule has 0 aliphatic carbocycles. The van der Waals surface area contributed by atoms with Gasteiger partial charge in [0.1, 0.15) is 5.75 Å². The zero-order valence-electron chi connectivity index (χ0n) is 10.8. The minimum atomic E-state index is -0.196. The Balaban J connectivity index is 3.11. The summed E-state index contributed by atoms with van der Waals surface area (Å²) in [5, 5.41) is 9.49. The highest BCUT2D eigenvalue weighted by Gasteiger charge is 2.21. The Morgan fingerprint density at radius 1 is 1.50 bits per heavy atom. The number of halogens is 1. The van der Waals surface area contributed by atoms with Crippen LogP contribution in [0.2, 0.25) is 5.02 Å². The van der Waals surface area contributed by atoms with Crippen LogP contribution < -0.4 is 4.74 Å². The number of benzene rings is 1. The molecule has 0 aromatic heterocycles. The lowest BCUT2D eigenvalue weighted by Crippen LogP contribution is -2.39. The third-order valence-corrected chi connectivity index (χ3v) is 2.85. The van der Waals surface area contributed by atoms with Gasteiger partial charge in [-0.05, 0) is 32.0 Å². The molecule has 0 bridgehead atoms. The molecule has 100 valence electrons. The van der Waals surface area contributed by atoms with E-state index >= 15 is 0 Å². The van der Waals surface area contributed by atoms with E-state index in [1.165, 1.54) is 7.11 Å². The molecule has 0 saturated heterocycles. The van der Waals surface area contributed by atoms with Crippen molar-refractivity contribution in [1.82, 2.24) is 4.90 Å². The molecule has 0 heterocycles. The van der Waals surface area contributed by atoms with E-state index in [1.807, 2.05) is 13.8 Å². The van der Waals surface area contributed by atoms with Crippen molar-refractivity contribution in [2.75, 3.05) is 20.3 Å². The van der Waals surface area contributed by atoms with Gasteiger partial charge in [0.05, 0.1) is 19.3 Å². The number of methoxy groups -OCH3 is 1. The molecule has 1 aromatic carbocycles. The van der Waals surface area contributed by atoms with Gasteiger partial charge >= 0.3 is 0 Å². The molecule has 0 atom stereocenters. The molecule has 5 heteroatoms. The van der Waals surface area contributed by atoms with Gasteiger partial charge in [-0.2, -0.15) is 0 Å². The largest absolute Gasteiger partial charge is 0.496 e. The topological polar surface area (TPSA) is 49.8 Å². The van der Waals surface area contributed by atoms with Gasteiger partial charge in [-0.1, -0.05) is 11.6 Å². The van der Waals surface area contributed by atoms with E-state index < -0.39 is 0 Å². The first-order valence-electron chi connectivity index (χ1n) is 5.76. The second-order valence-corrected chi connectivity index (χ2v) is 4.60. The summed E-state index contributed by atoms with van der Waals surface area (Å²) in [6.07, 6.45) is 0. The molecule has 1 amide bonds. The van der Waals surface area contributed by atoms with Crippen molar-refractivity contribution < 1.29 is 14.6 Å². The van der Waals surface area contributed by atoms with E-state index in [0.717, 1.165) is 0 Å². The van der Waals surface area contributed by atoms with E-state index in [4.69, 9.17) is 21.4 Å². The summed E-state index contributed by atoms with van der Waals surface area (Å²) < 4.78 is 5.16. The first-order valence-corrected chi connectivity index (χ1v) is 6.14. The third kappa shape index (κ3) is 3.37. The molecule has 0 saturated carbocycles. The molecule has 0 fully saturated rings. The molecule has 1 N–H and O–H groups in total. The lowest BCUT2D eigenvalue weighted by atomic mass is 10.1. The predicted molar refractivity (Wildman–Crippen MR) is 71.3 cm³/mol. The smallest absolute Gasteiger partial charge is 0.257 e. The van der Waals surface area contributed by atoms with Crippen molar-refractivity contribution in [2.24, 2.45) is 0 Å². The highest BCUT2D eigenvalue weighted by molar-refractivity contribution is 6.31. The fourth-order valence-electron chi connectivity index (χ4n) is 1.70. The summed E-state index contributed by atoms with van der Waals surface area (Å²) in [6.45, 7) is 3.99. The van der Waals surface area contributed by atoms with Crippen LogP contribution in [-0.4, -0.2) is 42.2 Å². The van der Waals surface area contributed by atoms with Crippen LogP contribution >= 0.6 is 11.6 Å². The molecule has 18 heavy (non-hydrogen) atoms. The van der Waals surface area contributed by atoms with Crippen LogP contribution in [0.5, 0.6) is 5.75 Å². The SMILES string of the molecule is COc1ccc(Cl)cc1C(=O)N(CCO)C(C)C. The fraction of sp³-hybridized carbons (Fsp3) is 0.462. The van der Waals surface area contributed by atoms with Crippen LogP contribution in [0.3, 0.4) is 0 Å². The van der Waals surface area contributed by atoms with Gasteiger partial charge in [-0.15, -0.1) is 0 Å². The van der Waals surface area contributed by atoms with E-state index in [9.17, 15) is 4.79 Å². The van der Waals surface area contributed by atoms with Gasteiger partial charge in [0.2, 0.25) is 0 Å². The van der Waals surface area contributed by atoms with Crippen molar-refractivity contribution in [3.8, 4) is 5.75 Å². The van der Waals surface area contributed by atoms with Gasteiger partial charge in [-0.3, -0.25) is 4.79 Å². The first-order chi connectivity index (χ1) is 8.51. The molecule has 0 radical (unpaired) electrons. The van der Waals surface area contributed by atoms with E-state index in [0.29, 0.717) is 16.3 Å². The monoisotopic (exact) mass is 271 g/mol. The van der Waals surface area contributed by atoms with E-state index in [2.05, 4.69) is 0 Å². The van der Waals surface area contributed by atoms with Crippen molar-refractivity contribution >= 4 is 17.5 Å². The number of hydrogen-bond acceptors (Lipinski definition) is 3. The number of carbonyl (C=O) groups excluding carboxylic acids is 1. The Morgan fingerprint density at radius 2 is 2.17 bits per heavy atom. The molecular weight excluding hydrogens is 254 g/mol. The van der Waals surface area contributed by atoms with Crippen LogP contribution in [0.25, 0.3) is 0 Å². The molecular formula is C13H18ClNO3. The highest BCUT2D eigenvalue weighted by atomic mass is 35.5. The second-order valence-electron chi connectivity index (χ2n) is 4.16. The predicted octanol–water partition coefficient (Wildman–Crippen LogP) is 2.19. The standard InChI is InChI=1S/C13H18ClNO3/c1-9(2)15(6-7-16)13(17)11-8-10(14)4-5-12(11)18-3/h4-5,8-9,16H,6-7H2,1-3H3. The molecule has 4 nitrogen and oxygen atoms in total. The Morgan fingerprint density at radius 3 is 2.67 bits per heavy atom. The Labute approximate surface area is 112 Å². The number of rotatable bonds is 5. The second kappa shape index (κ2) is 6.61. The number of carbonyl (C=O) groups is 1. The quantitative estimate of drug-likeness (QED) is 0.893. The zero-order valence-corrected chi connectivity index (χ0v) is 11.6. The third-order valence-electron chi connectivity index (χ3n) is 2.62. The maximum Gasteiger partial charge on any atom is 0.257 e. The lowest BCUT2D eigenvalue weighted by Gasteiger charge is -2.26. The summed E-state index contributed by atoms with van der Waals surface area (Å²) >= 11 is 5.90. The van der Waals surface area contributed by atoms with Crippen LogP contribution in [0.15, 0.2) is 18.2 Å². The molecule has 0 aliphatic rings. The van der Waals surface area contributed by atoms with Crippen LogP contribution in [0.1, 0.15) is 24.2 Å². The number of aliphatic hydroxyl groups is 1. The average Bonchev–Trinajstić information content (AvgIpc) is 2.34. The van der Waals surface area contributed by atoms with Crippen molar-refractivity contribution in [3.63, 3.8) is 0 Å². The Kier molecular flexibility index (Phi) is 5.44. The molecule has 1 aromatic rings. The number of aliphatic hydroxyl groups excluding tert-OH is 1. The Bertz CT molecular complexity index is 421. The number of hydrogen-bond donors (Lipinski definition) is 1. The first kappa shape index (κ1) is 14.8. The van der Waals surface area contributed by atoms with Crippen LogP contribution in [0, 0.1) is 0 Å². The number of nitrogens with zero attached hydrogens (tertiary/aromatic N) is 1. The minimum Gasteiger partial charge on any atom is -0.496 e. The highest BCUT2D eigenvalue weighted by Crippen LogP contribution is 2.24. The molecule has 0 aliphatic heterocycles.